The third-order valence-corrected chi connectivity index (χ3v) is 3.54. The largest absolute Gasteiger partial charge is 0.493 e. The second-order valence-corrected chi connectivity index (χ2v) is 5.13. The zero-order chi connectivity index (χ0) is 13.4. The zero-order valence-corrected chi connectivity index (χ0v) is 11.3. The summed E-state index contributed by atoms with van der Waals surface area (Å²) in [7, 11) is 0. The first kappa shape index (κ1) is 12.2. The lowest BCUT2D eigenvalue weighted by Crippen LogP contribution is -2.13. The lowest BCUT2D eigenvalue weighted by molar-refractivity contribution is 0.357. The zero-order valence-electron chi connectivity index (χ0n) is 11.3. The predicted octanol–water partition coefficient (Wildman–Crippen LogP) is 2.68. The van der Waals surface area contributed by atoms with Crippen LogP contribution >= 0.6 is 0 Å². The molecule has 0 saturated carbocycles. The van der Waals surface area contributed by atoms with Crippen molar-refractivity contribution < 1.29 is 4.74 Å². The topological polar surface area (TPSA) is 48.1 Å². The number of ether oxygens (including phenoxy) is 1. The van der Waals surface area contributed by atoms with Crippen LogP contribution in [0, 0.1) is 13.8 Å². The molecular formula is C16H18N2O. The number of hydrogen-bond donors (Lipinski definition) is 1. The van der Waals surface area contributed by atoms with Gasteiger partial charge in [0.1, 0.15) is 5.75 Å². The molecule has 0 saturated heterocycles. The van der Waals surface area contributed by atoms with Crippen LogP contribution in [-0.2, 0) is 6.42 Å². The van der Waals surface area contributed by atoms with E-state index in [-0.39, 0.29) is 6.04 Å². The maximum absolute atomic E-state index is 6.38. The normalized spacial score (nSPS) is 14.9. The second kappa shape index (κ2) is 4.67. The molecule has 3 heteroatoms. The number of aromatic nitrogens is 1. The quantitative estimate of drug-likeness (QED) is 0.896. The molecule has 98 valence electrons. The van der Waals surface area contributed by atoms with Crippen molar-refractivity contribution in [3.8, 4) is 5.75 Å². The number of rotatable bonds is 2. The second-order valence-electron chi connectivity index (χ2n) is 5.13. The van der Waals surface area contributed by atoms with E-state index in [1.165, 1.54) is 5.56 Å². The van der Waals surface area contributed by atoms with Gasteiger partial charge in [-0.15, -0.1) is 0 Å². The van der Waals surface area contributed by atoms with E-state index < -0.39 is 0 Å². The Morgan fingerprint density at radius 1 is 1.11 bits per heavy atom. The van der Waals surface area contributed by atoms with E-state index in [0.717, 1.165) is 41.3 Å². The molecule has 0 spiro atoms. The van der Waals surface area contributed by atoms with Gasteiger partial charge in [0.05, 0.1) is 12.6 Å². The van der Waals surface area contributed by atoms with E-state index in [0.29, 0.717) is 0 Å². The standard InChI is InChI=1S/C16H18N2O/c1-10-7-14(8-11(2)18-10)16(17)13-3-4-15-12(9-13)5-6-19-15/h3-4,7-9,16H,5-6,17H2,1-2H3. The van der Waals surface area contributed by atoms with Crippen LogP contribution in [0.5, 0.6) is 5.75 Å². The molecule has 0 amide bonds. The number of aryl methyl sites for hydroxylation is 2. The number of nitrogens with two attached hydrogens (primary N) is 1. The summed E-state index contributed by atoms with van der Waals surface area (Å²) in [4.78, 5) is 4.39. The number of fused-ring (bicyclic) bond motifs is 1. The lowest BCUT2D eigenvalue weighted by atomic mass is 9.97. The van der Waals surface area contributed by atoms with Crippen LogP contribution in [0.3, 0.4) is 0 Å². The van der Waals surface area contributed by atoms with Crippen molar-refractivity contribution in [1.82, 2.24) is 4.98 Å². The molecule has 1 aliphatic rings. The van der Waals surface area contributed by atoms with E-state index in [2.05, 4.69) is 29.2 Å². The molecule has 1 aromatic heterocycles. The van der Waals surface area contributed by atoms with Crippen LogP contribution in [0.25, 0.3) is 0 Å². The Kier molecular flexibility index (Phi) is 2.99. The Labute approximate surface area is 113 Å². The van der Waals surface area contributed by atoms with Gasteiger partial charge in [0.25, 0.3) is 0 Å². The van der Waals surface area contributed by atoms with Gasteiger partial charge in [-0.05, 0) is 48.7 Å². The van der Waals surface area contributed by atoms with E-state index >= 15 is 0 Å². The van der Waals surface area contributed by atoms with E-state index in [1.54, 1.807) is 0 Å². The Morgan fingerprint density at radius 2 is 1.84 bits per heavy atom. The number of hydrogen-bond acceptors (Lipinski definition) is 3. The summed E-state index contributed by atoms with van der Waals surface area (Å²) in [6.45, 7) is 4.78. The Morgan fingerprint density at radius 3 is 2.58 bits per heavy atom. The van der Waals surface area contributed by atoms with Crippen molar-refractivity contribution in [2.75, 3.05) is 6.61 Å². The fraction of sp³-hybridized carbons (Fsp3) is 0.312. The van der Waals surface area contributed by atoms with Crippen LogP contribution in [0.2, 0.25) is 0 Å². The first-order chi connectivity index (χ1) is 9.13. The van der Waals surface area contributed by atoms with Crippen molar-refractivity contribution in [1.29, 1.82) is 0 Å². The van der Waals surface area contributed by atoms with Gasteiger partial charge in [0.2, 0.25) is 0 Å². The van der Waals surface area contributed by atoms with Gasteiger partial charge in [0.15, 0.2) is 0 Å². The van der Waals surface area contributed by atoms with Crippen LogP contribution in [0.1, 0.15) is 34.1 Å². The maximum Gasteiger partial charge on any atom is 0.122 e. The molecule has 1 unspecified atom stereocenters. The Bertz CT molecular complexity index is 602. The molecule has 2 N–H and O–H groups in total. The summed E-state index contributed by atoms with van der Waals surface area (Å²) >= 11 is 0. The number of pyridine rings is 1. The highest BCUT2D eigenvalue weighted by molar-refractivity contribution is 5.43. The molecule has 0 bridgehead atoms. The summed E-state index contributed by atoms with van der Waals surface area (Å²) in [6, 6.07) is 10.3. The van der Waals surface area contributed by atoms with Crippen LogP contribution in [0.15, 0.2) is 30.3 Å². The Balaban J connectivity index is 1.97. The lowest BCUT2D eigenvalue weighted by Gasteiger charge is -2.15. The van der Waals surface area contributed by atoms with Crippen molar-refractivity contribution >= 4 is 0 Å². The number of benzene rings is 1. The summed E-state index contributed by atoms with van der Waals surface area (Å²) in [5, 5.41) is 0. The monoisotopic (exact) mass is 254 g/mol. The van der Waals surface area contributed by atoms with Crippen molar-refractivity contribution in [3.63, 3.8) is 0 Å². The first-order valence-electron chi connectivity index (χ1n) is 6.60. The Hall–Kier alpha value is -1.87. The van der Waals surface area contributed by atoms with Crippen molar-refractivity contribution in [3.05, 3.63) is 58.4 Å². The molecule has 1 atom stereocenters. The summed E-state index contributed by atoms with van der Waals surface area (Å²) in [5.74, 6) is 0.998. The maximum atomic E-state index is 6.38. The molecule has 0 fully saturated rings. The molecule has 0 radical (unpaired) electrons. The van der Waals surface area contributed by atoms with Crippen molar-refractivity contribution in [2.24, 2.45) is 5.73 Å². The van der Waals surface area contributed by atoms with Gasteiger partial charge in [0, 0.05) is 17.8 Å². The van der Waals surface area contributed by atoms with Crippen LogP contribution in [-0.4, -0.2) is 11.6 Å². The SMILES string of the molecule is Cc1cc(C(N)c2ccc3c(c2)CCO3)cc(C)n1. The molecule has 1 aromatic carbocycles. The van der Waals surface area contributed by atoms with Crippen LogP contribution in [0.4, 0.5) is 0 Å². The fourth-order valence-electron chi connectivity index (χ4n) is 2.64. The predicted molar refractivity (Wildman–Crippen MR) is 75.4 cm³/mol. The molecule has 3 nitrogen and oxygen atoms in total. The molecular weight excluding hydrogens is 236 g/mol. The molecule has 3 rings (SSSR count). The third kappa shape index (κ3) is 2.34. The van der Waals surface area contributed by atoms with Gasteiger partial charge >= 0.3 is 0 Å². The van der Waals surface area contributed by atoms with Gasteiger partial charge in [-0.25, -0.2) is 0 Å². The number of nitrogens with zero attached hydrogens (tertiary/aromatic N) is 1. The minimum absolute atomic E-state index is 0.105. The van der Waals surface area contributed by atoms with Crippen LogP contribution < -0.4 is 10.5 Å². The minimum atomic E-state index is -0.105. The fourth-order valence-corrected chi connectivity index (χ4v) is 2.64. The van der Waals surface area contributed by atoms with Gasteiger partial charge in [-0.3, -0.25) is 4.98 Å². The first-order valence-corrected chi connectivity index (χ1v) is 6.60. The summed E-state index contributed by atoms with van der Waals surface area (Å²) < 4.78 is 5.53. The summed E-state index contributed by atoms with van der Waals surface area (Å²) in [6.07, 6.45) is 0.976. The molecule has 1 aliphatic heterocycles. The highest BCUT2D eigenvalue weighted by atomic mass is 16.5. The van der Waals surface area contributed by atoms with E-state index in [9.17, 15) is 0 Å². The highest BCUT2D eigenvalue weighted by Gasteiger charge is 2.16. The van der Waals surface area contributed by atoms with E-state index in [4.69, 9.17) is 10.5 Å². The van der Waals surface area contributed by atoms with Gasteiger partial charge in [-0.1, -0.05) is 12.1 Å². The average molecular weight is 254 g/mol. The molecule has 0 aliphatic carbocycles. The van der Waals surface area contributed by atoms with Gasteiger partial charge in [-0.2, -0.15) is 0 Å². The average Bonchev–Trinajstić information content (AvgIpc) is 2.83. The molecule has 2 aromatic rings. The minimum Gasteiger partial charge on any atom is -0.493 e. The summed E-state index contributed by atoms with van der Waals surface area (Å²) in [5.41, 5.74) is 11.9. The van der Waals surface area contributed by atoms with Gasteiger partial charge < -0.3 is 10.5 Å². The third-order valence-electron chi connectivity index (χ3n) is 3.54. The highest BCUT2D eigenvalue weighted by Crippen LogP contribution is 2.29. The molecule has 19 heavy (non-hydrogen) atoms. The molecule has 2 heterocycles. The van der Waals surface area contributed by atoms with Crippen molar-refractivity contribution in [2.45, 2.75) is 26.3 Å². The smallest absolute Gasteiger partial charge is 0.122 e. The van der Waals surface area contributed by atoms with E-state index in [1.807, 2.05) is 19.9 Å².